The predicted octanol–water partition coefficient (Wildman–Crippen LogP) is 4.71. The van der Waals surface area contributed by atoms with E-state index in [1.54, 1.807) is 0 Å². The van der Waals surface area contributed by atoms with Gasteiger partial charge in [0.1, 0.15) is 0 Å². The van der Waals surface area contributed by atoms with E-state index in [2.05, 4.69) is 38.1 Å². The highest BCUT2D eigenvalue weighted by Gasteiger charge is 2.04. The second-order valence-corrected chi connectivity index (χ2v) is 6.11. The zero-order valence-corrected chi connectivity index (χ0v) is 12.8. The number of rotatable bonds is 4. The van der Waals surface area contributed by atoms with Crippen LogP contribution in [0.5, 0.6) is 0 Å². The molecule has 100 valence electrons. The highest BCUT2D eigenvalue weighted by atomic mass is 35.5. The van der Waals surface area contributed by atoms with Gasteiger partial charge in [0.15, 0.2) is 0 Å². The molecule has 3 heteroatoms. The minimum atomic E-state index is 0.532. The summed E-state index contributed by atoms with van der Waals surface area (Å²) >= 11 is 8.10. The van der Waals surface area contributed by atoms with Crippen molar-refractivity contribution >= 4 is 23.4 Å². The fourth-order valence-corrected chi connectivity index (χ4v) is 3.33. The number of aryl methyl sites for hydroxylation is 2. The Morgan fingerprint density at radius 2 is 1.89 bits per heavy atom. The van der Waals surface area contributed by atoms with Crippen molar-refractivity contribution in [3.8, 4) is 0 Å². The maximum atomic E-state index is 6.28. The first kappa shape index (κ1) is 14.4. The van der Waals surface area contributed by atoms with E-state index in [4.69, 9.17) is 17.3 Å². The monoisotopic (exact) mass is 291 g/mol. The van der Waals surface area contributed by atoms with Crippen molar-refractivity contribution in [2.45, 2.75) is 31.0 Å². The van der Waals surface area contributed by atoms with E-state index in [-0.39, 0.29) is 0 Å². The second kappa shape index (κ2) is 6.47. The topological polar surface area (TPSA) is 26.0 Å². The highest BCUT2D eigenvalue weighted by molar-refractivity contribution is 7.98. The lowest BCUT2D eigenvalue weighted by atomic mass is 10.1. The number of benzene rings is 2. The molecule has 2 N–H and O–H groups in total. The maximum absolute atomic E-state index is 6.28. The molecule has 2 aromatic rings. The van der Waals surface area contributed by atoms with Gasteiger partial charge in [-0.05, 0) is 42.7 Å². The second-order valence-electron chi connectivity index (χ2n) is 4.69. The van der Waals surface area contributed by atoms with Crippen LogP contribution >= 0.6 is 23.4 Å². The highest BCUT2D eigenvalue weighted by Crippen LogP contribution is 2.30. The first-order chi connectivity index (χ1) is 9.10. The van der Waals surface area contributed by atoms with Crippen LogP contribution in [-0.2, 0) is 12.3 Å². The number of hydrogen-bond acceptors (Lipinski definition) is 2. The van der Waals surface area contributed by atoms with Crippen LogP contribution in [0.25, 0.3) is 0 Å². The summed E-state index contributed by atoms with van der Waals surface area (Å²) in [5.74, 6) is 0.883. The van der Waals surface area contributed by atoms with Crippen LogP contribution in [0.2, 0.25) is 5.02 Å². The molecule has 0 unspecified atom stereocenters. The normalized spacial score (nSPS) is 10.7. The fraction of sp³-hybridized carbons (Fsp3) is 0.250. The molecule has 2 rings (SSSR count). The Labute approximate surface area is 124 Å². The van der Waals surface area contributed by atoms with Crippen LogP contribution < -0.4 is 5.73 Å². The van der Waals surface area contributed by atoms with E-state index in [1.165, 1.54) is 16.0 Å². The molecule has 0 amide bonds. The van der Waals surface area contributed by atoms with Crippen LogP contribution in [0, 0.1) is 13.8 Å². The maximum Gasteiger partial charge on any atom is 0.0449 e. The van der Waals surface area contributed by atoms with Gasteiger partial charge in [-0.25, -0.2) is 0 Å². The third-order valence-corrected chi connectivity index (χ3v) is 4.64. The van der Waals surface area contributed by atoms with Crippen molar-refractivity contribution in [1.29, 1.82) is 0 Å². The number of nitrogens with two attached hydrogens (primary N) is 1. The molecular formula is C16H18ClNS. The van der Waals surface area contributed by atoms with Gasteiger partial charge in [-0.15, -0.1) is 11.8 Å². The zero-order valence-electron chi connectivity index (χ0n) is 11.2. The van der Waals surface area contributed by atoms with Gasteiger partial charge in [0.2, 0.25) is 0 Å². The van der Waals surface area contributed by atoms with Gasteiger partial charge in [-0.1, -0.05) is 41.4 Å². The molecule has 19 heavy (non-hydrogen) atoms. The lowest BCUT2D eigenvalue weighted by Gasteiger charge is -2.09. The third kappa shape index (κ3) is 3.75. The van der Waals surface area contributed by atoms with Crippen molar-refractivity contribution in [3.63, 3.8) is 0 Å². The Kier molecular flexibility index (Phi) is 4.92. The van der Waals surface area contributed by atoms with Crippen LogP contribution in [0.4, 0.5) is 0 Å². The van der Waals surface area contributed by atoms with Crippen molar-refractivity contribution in [3.05, 3.63) is 63.7 Å². The predicted molar refractivity (Wildman–Crippen MR) is 84.8 cm³/mol. The van der Waals surface area contributed by atoms with Gasteiger partial charge >= 0.3 is 0 Å². The quantitative estimate of drug-likeness (QED) is 0.826. The Morgan fingerprint density at radius 1 is 1.11 bits per heavy atom. The molecule has 0 bridgehead atoms. The fourth-order valence-electron chi connectivity index (χ4n) is 1.85. The smallest absolute Gasteiger partial charge is 0.0449 e. The molecule has 1 nitrogen and oxygen atoms in total. The Hall–Kier alpha value is -0.960. The summed E-state index contributed by atoms with van der Waals surface area (Å²) in [6.45, 7) is 4.79. The minimum absolute atomic E-state index is 0.532. The van der Waals surface area contributed by atoms with Gasteiger partial charge in [0.25, 0.3) is 0 Å². The molecular weight excluding hydrogens is 274 g/mol. The summed E-state index contributed by atoms with van der Waals surface area (Å²) in [4.78, 5) is 1.32. The van der Waals surface area contributed by atoms with Gasteiger partial charge < -0.3 is 5.73 Å². The average Bonchev–Trinajstić information content (AvgIpc) is 2.40. The molecule has 0 spiro atoms. The number of hydrogen-bond donors (Lipinski definition) is 1. The molecule has 0 aliphatic carbocycles. The third-order valence-electron chi connectivity index (χ3n) is 3.08. The van der Waals surface area contributed by atoms with Crippen molar-refractivity contribution < 1.29 is 0 Å². The average molecular weight is 292 g/mol. The minimum Gasteiger partial charge on any atom is -0.326 e. The van der Waals surface area contributed by atoms with Crippen molar-refractivity contribution in [2.75, 3.05) is 0 Å². The Bertz CT molecular complexity index is 581. The first-order valence-electron chi connectivity index (χ1n) is 6.27. The van der Waals surface area contributed by atoms with Gasteiger partial charge in [-0.3, -0.25) is 0 Å². The summed E-state index contributed by atoms with van der Waals surface area (Å²) in [5.41, 5.74) is 10.4. The SMILES string of the molecule is Cc1ccc(C)c(SCc2ccc(CN)cc2Cl)c1. The molecule has 0 aliphatic rings. The van der Waals surface area contributed by atoms with E-state index in [9.17, 15) is 0 Å². The van der Waals surface area contributed by atoms with Crippen LogP contribution in [-0.4, -0.2) is 0 Å². The summed E-state index contributed by atoms with van der Waals surface area (Å²) in [6.07, 6.45) is 0. The number of halogens is 1. The van der Waals surface area contributed by atoms with Crippen LogP contribution in [0.1, 0.15) is 22.3 Å². The van der Waals surface area contributed by atoms with Gasteiger partial charge in [0, 0.05) is 22.2 Å². The summed E-state index contributed by atoms with van der Waals surface area (Å²) < 4.78 is 0. The lowest BCUT2D eigenvalue weighted by molar-refractivity contribution is 1.07. The van der Waals surface area contributed by atoms with Gasteiger partial charge in [0.05, 0.1) is 0 Å². The molecule has 0 saturated heterocycles. The summed E-state index contributed by atoms with van der Waals surface area (Å²) in [5, 5.41) is 0.806. The Morgan fingerprint density at radius 3 is 2.58 bits per heavy atom. The first-order valence-corrected chi connectivity index (χ1v) is 7.64. The summed E-state index contributed by atoms with van der Waals surface area (Å²) in [7, 11) is 0. The molecule has 2 aromatic carbocycles. The van der Waals surface area contributed by atoms with Crippen molar-refractivity contribution in [2.24, 2.45) is 5.73 Å². The van der Waals surface area contributed by atoms with E-state index in [1.807, 2.05) is 23.9 Å². The largest absolute Gasteiger partial charge is 0.326 e. The molecule has 0 aromatic heterocycles. The van der Waals surface area contributed by atoms with E-state index in [0.29, 0.717) is 6.54 Å². The molecule has 0 fully saturated rings. The van der Waals surface area contributed by atoms with Gasteiger partial charge in [-0.2, -0.15) is 0 Å². The molecule has 0 saturated carbocycles. The zero-order chi connectivity index (χ0) is 13.8. The van der Waals surface area contributed by atoms with E-state index >= 15 is 0 Å². The summed E-state index contributed by atoms with van der Waals surface area (Å²) in [6, 6.07) is 12.6. The lowest BCUT2D eigenvalue weighted by Crippen LogP contribution is -1.96. The van der Waals surface area contributed by atoms with E-state index in [0.717, 1.165) is 21.9 Å². The molecule has 0 radical (unpaired) electrons. The molecule has 0 atom stereocenters. The molecule has 0 heterocycles. The standard InChI is InChI=1S/C16H18ClNS/c1-11-3-4-12(2)16(7-11)19-10-14-6-5-13(9-18)8-15(14)17/h3-8H,9-10,18H2,1-2H3. The van der Waals surface area contributed by atoms with Crippen LogP contribution in [0.3, 0.4) is 0 Å². The van der Waals surface area contributed by atoms with Crippen LogP contribution in [0.15, 0.2) is 41.3 Å². The Balaban J connectivity index is 2.12. The molecule has 0 aliphatic heterocycles. The van der Waals surface area contributed by atoms with Crippen molar-refractivity contribution in [1.82, 2.24) is 0 Å². The van der Waals surface area contributed by atoms with E-state index < -0.39 is 0 Å². The number of thioether (sulfide) groups is 1.